The second kappa shape index (κ2) is 9.47. The minimum Gasteiger partial charge on any atom is -0.497 e. The summed E-state index contributed by atoms with van der Waals surface area (Å²) in [7, 11) is 1.52. The third-order valence-corrected chi connectivity index (χ3v) is 5.55. The lowest BCUT2D eigenvalue weighted by molar-refractivity contribution is -0.118. The molecule has 0 aliphatic carbocycles. The van der Waals surface area contributed by atoms with Gasteiger partial charge in [-0.3, -0.25) is 9.69 Å². The molecule has 0 aromatic heterocycles. The van der Waals surface area contributed by atoms with Crippen molar-refractivity contribution in [2.24, 2.45) is 0 Å². The Hall–Kier alpha value is -2.60. The number of fused-ring (bicyclic) bond motifs is 1. The molecule has 0 spiro atoms. The van der Waals surface area contributed by atoms with E-state index in [1.54, 1.807) is 19.1 Å². The van der Waals surface area contributed by atoms with Gasteiger partial charge >= 0.3 is 0 Å². The second-order valence-electron chi connectivity index (χ2n) is 7.54. The molecule has 2 aliphatic heterocycles. The first-order valence-corrected chi connectivity index (χ1v) is 10.4. The number of benzene rings is 2. The number of aryl methyl sites for hydroxylation is 1. The highest BCUT2D eigenvalue weighted by Crippen LogP contribution is 2.45. The lowest BCUT2D eigenvalue weighted by Gasteiger charge is -2.24. The fourth-order valence-corrected chi connectivity index (χ4v) is 4.28. The van der Waals surface area contributed by atoms with Crippen LogP contribution in [0.2, 0.25) is 0 Å². The Morgan fingerprint density at radius 3 is 2.67 bits per heavy atom. The number of carbonyl (C=O) groups excluding carboxylic acids is 1. The molecule has 0 unspecified atom stereocenters. The van der Waals surface area contributed by atoms with Crippen molar-refractivity contribution in [2.75, 3.05) is 27.0 Å². The maximum Gasteiger partial charge on any atom is 0.231 e. The normalized spacial score (nSPS) is 19.9. The van der Waals surface area contributed by atoms with Gasteiger partial charge in [0.2, 0.25) is 6.79 Å². The van der Waals surface area contributed by atoms with Crippen LogP contribution < -0.4 is 14.2 Å². The summed E-state index contributed by atoms with van der Waals surface area (Å²) in [6.07, 6.45) is 0.732. The van der Waals surface area contributed by atoms with Gasteiger partial charge in [-0.15, -0.1) is 0 Å². The number of ketones is 1. The Morgan fingerprint density at radius 1 is 1.23 bits per heavy atom. The van der Waals surface area contributed by atoms with Crippen LogP contribution in [0.25, 0.3) is 0 Å². The van der Waals surface area contributed by atoms with Crippen molar-refractivity contribution in [2.45, 2.75) is 46.1 Å². The number of rotatable bonds is 5. The highest BCUT2D eigenvalue weighted by Gasteiger charge is 2.36. The van der Waals surface area contributed by atoms with E-state index in [9.17, 15) is 9.18 Å². The molecule has 1 fully saturated rings. The molecule has 0 N–H and O–H groups in total. The Morgan fingerprint density at radius 2 is 2.00 bits per heavy atom. The molecule has 2 aromatic rings. The number of hydrogen-bond donors (Lipinski definition) is 0. The first-order valence-electron chi connectivity index (χ1n) is 10.4. The molecule has 1 saturated heterocycles. The molecule has 0 bridgehead atoms. The zero-order valence-electron chi connectivity index (χ0n) is 18.3. The van der Waals surface area contributed by atoms with E-state index in [0.29, 0.717) is 24.4 Å². The third kappa shape index (κ3) is 4.43. The SMILES string of the molecule is CC.COc1ccc([C@H]2C[C@@H](c3cc(C)c4c(c3)OCO4)CN2CC(C)=O)c(F)c1. The van der Waals surface area contributed by atoms with Gasteiger partial charge in [0.15, 0.2) is 11.5 Å². The van der Waals surface area contributed by atoms with E-state index in [4.69, 9.17) is 14.2 Å². The standard InChI is InChI=1S/C22H24FNO4.C2H6/c1-13-6-15(8-21-22(13)28-12-27-21)16-7-20(24(11-16)10-14(2)25)18-5-4-17(26-3)9-19(18)23;1-2/h4-6,8-9,16,20H,7,10-12H2,1-3H3;1-2H3/t16-,20-;/m1./s1. The molecular formula is C24H30FNO4. The van der Waals surface area contributed by atoms with Crippen LogP contribution in [-0.4, -0.2) is 37.7 Å². The van der Waals surface area contributed by atoms with Gasteiger partial charge in [-0.25, -0.2) is 4.39 Å². The van der Waals surface area contributed by atoms with E-state index in [1.807, 2.05) is 26.8 Å². The minimum absolute atomic E-state index is 0.0708. The van der Waals surface area contributed by atoms with Crippen LogP contribution in [0.3, 0.4) is 0 Å². The van der Waals surface area contributed by atoms with Crippen molar-refractivity contribution < 1.29 is 23.4 Å². The molecule has 2 aromatic carbocycles. The van der Waals surface area contributed by atoms with Gasteiger partial charge in [-0.05, 0) is 49.4 Å². The number of hydrogen-bond acceptors (Lipinski definition) is 5. The van der Waals surface area contributed by atoms with Gasteiger partial charge in [0, 0.05) is 24.2 Å². The lowest BCUT2D eigenvalue weighted by Crippen LogP contribution is -2.29. The summed E-state index contributed by atoms with van der Waals surface area (Å²) in [5, 5.41) is 0. The van der Waals surface area contributed by atoms with Gasteiger partial charge in [-0.2, -0.15) is 0 Å². The van der Waals surface area contributed by atoms with Crippen LogP contribution in [0.15, 0.2) is 30.3 Å². The van der Waals surface area contributed by atoms with E-state index in [-0.39, 0.29) is 30.4 Å². The third-order valence-electron chi connectivity index (χ3n) is 5.55. The fourth-order valence-electron chi connectivity index (χ4n) is 4.28. The zero-order chi connectivity index (χ0) is 21.8. The smallest absolute Gasteiger partial charge is 0.231 e. The number of methoxy groups -OCH3 is 1. The first kappa shape index (κ1) is 22.1. The van der Waals surface area contributed by atoms with Gasteiger partial charge < -0.3 is 14.2 Å². The highest BCUT2D eigenvalue weighted by molar-refractivity contribution is 5.77. The van der Waals surface area contributed by atoms with Crippen molar-refractivity contribution >= 4 is 5.78 Å². The summed E-state index contributed by atoms with van der Waals surface area (Å²) >= 11 is 0. The monoisotopic (exact) mass is 415 g/mol. The van der Waals surface area contributed by atoms with Crippen LogP contribution in [0.1, 0.15) is 55.8 Å². The number of halogens is 1. The number of carbonyl (C=O) groups is 1. The first-order chi connectivity index (χ1) is 14.5. The number of nitrogens with zero attached hydrogens (tertiary/aromatic N) is 1. The topological polar surface area (TPSA) is 48.0 Å². The van der Waals surface area contributed by atoms with Crippen LogP contribution in [0.5, 0.6) is 17.2 Å². The molecule has 2 atom stereocenters. The van der Waals surface area contributed by atoms with E-state index < -0.39 is 0 Å². The predicted molar refractivity (Wildman–Crippen MR) is 114 cm³/mol. The summed E-state index contributed by atoms with van der Waals surface area (Å²) in [6.45, 7) is 8.80. The summed E-state index contributed by atoms with van der Waals surface area (Å²) in [4.78, 5) is 13.9. The second-order valence-corrected chi connectivity index (χ2v) is 7.54. The Labute approximate surface area is 177 Å². The maximum absolute atomic E-state index is 14.7. The van der Waals surface area contributed by atoms with Gasteiger partial charge in [-0.1, -0.05) is 26.0 Å². The average Bonchev–Trinajstić information content (AvgIpc) is 3.36. The number of Topliss-reactive ketones (excluding diaryl/α,β-unsaturated/α-hetero) is 1. The Kier molecular flexibility index (Phi) is 6.98. The Balaban J connectivity index is 0.00000124. The number of likely N-dealkylation sites (tertiary alicyclic amines) is 1. The van der Waals surface area contributed by atoms with Gasteiger partial charge in [0.05, 0.1) is 13.7 Å². The van der Waals surface area contributed by atoms with E-state index in [2.05, 4.69) is 11.0 Å². The van der Waals surface area contributed by atoms with Crippen LogP contribution in [0, 0.1) is 12.7 Å². The quantitative estimate of drug-likeness (QED) is 0.686. The summed E-state index contributed by atoms with van der Waals surface area (Å²) in [5.74, 6) is 1.98. The van der Waals surface area contributed by atoms with E-state index in [1.165, 1.54) is 13.2 Å². The molecule has 2 heterocycles. The molecular weight excluding hydrogens is 385 g/mol. The minimum atomic E-state index is -0.305. The summed E-state index contributed by atoms with van der Waals surface area (Å²) in [6, 6.07) is 8.89. The fraction of sp³-hybridized carbons (Fsp3) is 0.458. The molecule has 0 saturated carbocycles. The van der Waals surface area contributed by atoms with Crippen molar-refractivity contribution in [3.63, 3.8) is 0 Å². The molecule has 6 heteroatoms. The number of ether oxygens (including phenoxy) is 3. The largest absolute Gasteiger partial charge is 0.497 e. The van der Waals surface area contributed by atoms with Crippen molar-refractivity contribution in [3.8, 4) is 17.2 Å². The molecule has 30 heavy (non-hydrogen) atoms. The molecule has 2 aliphatic rings. The molecule has 5 nitrogen and oxygen atoms in total. The Bertz CT molecular complexity index is 914. The molecule has 0 amide bonds. The van der Waals surface area contributed by atoms with Crippen LogP contribution >= 0.6 is 0 Å². The summed E-state index contributed by atoms with van der Waals surface area (Å²) < 4.78 is 30.9. The highest BCUT2D eigenvalue weighted by atomic mass is 19.1. The lowest BCUT2D eigenvalue weighted by atomic mass is 9.92. The van der Waals surface area contributed by atoms with E-state index in [0.717, 1.165) is 29.0 Å². The molecule has 4 rings (SSSR count). The van der Waals surface area contributed by atoms with Crippen molar-refractivity contribution in [1.82, 2.24) is 4.90 Å². The van der Waals surface area contributed by atoms with Gasteiger partial charge in [0.1, 0.15) is 17.3 Å². The van der Waals surface area contributed by atoms with Crippen LogP contribution in [-0.2, 0) is 4.79 Å². The van der Waals surface area contributed by atoms with E-state index >= 15 is 0 Å². The van der Waals surface area contributed by atoms with Crippen molar-refractivity contribution in [3.05, 3.63) is 52.8 Å². The van der Waals surface area contributed by atoms with Crippen molar-refractivity contribution in [1.29, 1.82) is 0 Å². The van der Waals surface area contributed by atoms with Gasteiger partial charge in [0.25, 0.3) is 0 Å². The molecule has 0 radical (unpaired) electrons. The summed E-state index contributed by atoms with van der Waals surface area (Å²) in [5.41, 5.74) is 2.76. The zero-order valence-corrected chi connectivity index (χ0v) is 18.3. The average molecular weight is 416 g/mol. The predicted octanol–water partition coefficient (Wildman–Crippen LogP) is 5.02. The van der Waals surface area contributed by atoms with Crippen LogP contribution in [0.4, 0.5) is 4.39 Å². The molecule has 162 valence electrons. The maximum atomic E-state index is 14.7.